The van der Waals surface area contributed by atoms with Gasteiger partial charge in [0.25, 0.3) is 0 Å². The Morgan fingerprint density at radius 1 is 0.219 bits per heavy atom. The minimum atomic E-state index is 0. The third-order valence-electron chi connectivity index (χ3n) is 20.7. The first-order valence-electron chi connectivity index (χ1n) is 31.7. The van der Waals surface area contributed by atoms with Gasteiger partial charge in [-0.15, -0.1) is 0 Å². The van der Waals surface area contributed by atoms with E-state index in [9.17, 15) is 0 Å². The van der Waals surface area contributed by atoms with Crippen LogP contribution in [-0.4, -0.2) is 19.9 Å². The summed E-state index contributed by atoms with van der Waals surface area (Å²) >= 11 is 0. The Morgan fingerprint density at radius 2 is 0.396 bits per heavy atom. The van der Waals surface area contributed by atoms with Gasteiger partial charge in [0.2, 0.25) is 0 Å². The number of pyridine rings is 4. The summed E-state index contributed by atoms with van der Waals surface area (Å²) in [6, 6.07) is 73.1. The van der Waals surface area contributed by atoms with E-state index in [4.69, 9.17) is 9.97 Å². The van der Waals surface area contributed by atoms with E-state index in [1.807, 2.05) is 0 Å². The number of benzene rings is 8. The molecule has 0 unspecified atom stereocenters. The van der Waals surface area contributed by atoms with Crippen molar-refractivity contribution in [3.63, 3.8) is 0 Å². The molecular formula is C84H54I4N8. The van der Waals surface area contributed by atoms with Crippen LogP contribution in [0.3, 0.4) is 0 Å². The number of halogens is 4. The summed E-state index contributed by atoms with van der Waals surface area (Å²) < 4.78 is 8.53. The predicted molar refractivity (Wildman–Crippen MR) is 380 cm³/mol. The molecule has 13 aromatic carbocycles. The lowest BCUT2D eigenvalue weighted by Crippen LogP contribution is -3.00. The number of aryl methyl sites for hydroxylation is 4. The first-order chi connectivity index (χ1) is 45.3. The fourth-order valence-corrected chi connectivity index (χ4v) is 16.8. The molecule has 0 aliphatic heterocycles. The lowest BCUT2D eigenvalue weighted by atomic mass is 10.0. The molecule has 0 atom stereocenters. The van der Waals surface area contributed by atoms with Gasteiger partial charge in [-0.25, -0.2) is 28.2 Å². The largest absolute Gasteiger partial charge is 1.00 e. The number of H-pyrrole nitrogens is 2. The normalized spacial score (nSPS) is 12.0. The summed E-state index contributed by atoms with van der Waals surface area (Å²) in [6.07, 6.45) is 17.5. The minimum Gasteiger partial charge on any atom is -1.00 e. The van der Waals surface area contributed by atoms with Crippen molar-refractivity contribution >= 4 is 173 Å². The van der Waals surface area contributed by atoms with E-state index < -0.39 is 0 Å². The topological polar surface area (TPSA) is 72.9 Å². The van der Waals surface area contributed by atoms with Crippen molar-refractivity contribution < 1.29 is 114 Å². The lowest BCUT2D eigenvalue weighted by molar-refractivity contribution is -0.671. The highest BCUT2D eigenvalue weighted by atomic mass is 127. The molecule has 21 rings (SSSR count). The van der Waals surface area contributed by atoms with Crippen molar-refractivity contribution in [1.29, 1.82) is 0 Å². The number of aromatic nitrogens is 8. The fourth-order valence-electron chi connectivity index (χ4n) is 16.8. The van der Waals surface area contributed by atoms with Gasteiger partial charge < -0.3 is 106 Å². The minimum absolute atomic E-state index is 0. The maximum absolute atomic E-state index is 6.45. The van der Waals surface area contributed by atoms with Gasteiger partial charge in [-0.1, -0.05) is 146 Å². The average Bonchev–Trinajstić information content (AvgIpc) is 1.53. The van der Waals surface area contributed by atoms with Crippen LogP contribution in [0.15, 0.2) is 244 Å². The Bertz CT molecular complexity index is 5760. The Morgan fingerprint density at radius 3 is 0.583 bits per heavy atom. The Labute approximate surface area is 617 Å². The molecule has 0 saturated heterocycles. The number of hydrogen-bond acceptors (Lipinski definition) is 2. The molecule has 8 nitrogen and oxygen atoms in total. The molecule has 458 valence electrons. The number of nitrogens with zero attached hydrogens (tertiary/aromatic N) is 6. The number of aromatic amines is 2. The van der Waals surface area contributed by atoms with Gasteiger partial charge in [-0.2, -0.15) is 0 Å². The van der Waals surface area contributed by atoms with Crippen molar-refractivity contribution in [1.82, 2.24) is 19.9 Å². The Balaban J connectivity index is 0.00000174. The SMILES string of the molecule is C[n+]1ccc(-c2c3nc(c(-c4cc[n+](C)cc4)c4[nH]c(c(-c5cc[n+](C)cc5)c5nc(c(-c6cc[n+](C)cc6)c6[nH]c2c2c7cccc8cccc(c87)c62)c2c6cccc7cccc(c76)c52)c2c5cccc6cccc(c65)c42)c2c4cccc5cccc(c54)c32)cc1.[I-].[I-].[I-].[I-]. The average molecular weight is 1680 g/mol. The molecule has 2 N–H and O–H groups in total. The quantitative estimate of drug-likeness (QED) is 0.158. The molecular weight excluding hydrogens is 1630 g/mol. The van der Waals surface area contributed by atoms with Crippen LogP contribution < -0.4 is 114 Å². The molecule has 12 heteroatoms. The van der Waals surface area contributed by atoms with Crippen molar-refractivity contribution in [2.75, 3.05) is 0 Å². The van der Waals surface area contributed by atoms with Crippen LogP contribution in [0.1, 0.15) is 0 Å². The van der Waals surface area contributed by atoms with Crippen molar-refractivity contribution in [3.8, 4) is 44.5 Å². The maximum Gasteiger partial charge on any atom is 0.169 e. The molecule has 0 spiro atoms. The molecule has 0 amide bonds. The van der Waals surface area contributed by atoms with E-state index in [2.05, 4.69) is 300 Å². The molecule has 8 bridgehead atoms. The van der Waals surface area contributed by atoms with E-state index in [1.54, 1.807) is 0 Å². The Hall–Kier alpha value is -9.08. The zero-order chi connectivity index (χ0) is 60.5. The summed E-state index contributed by atoms with van der Waals surface area (Å²) in [5.74, 6) is 0. The summed E-state index contributed by atoms with van der Waals surface area (Å²) in [4.78, 5) is 21.9. The second kappa shape index (κ2) is 22.2. The molecule has 96 heavy (non-hydrogen) atoms. The fraction of sp³-hybridized carbons (Fsp3) is 0.0476. The summed E-state index contributed by atoms with van der Waals surface area (Å²) in [6.45, 7) is 0. The summed E-state index contributed by atoms with van der Waals surface area (Å²) in [7, 11) is 8.41. The van der Waals surface area contributed by atoms with Gasteiger partial charge >= 0.3 is 0 Å². The van der Waals surface area contributed by atoms with Crippen molar-refractivity contribution in [2.24, 2.45) is 28.2 Å². The summed E-state index contributed by atoms with van der Waals surface area (Å²) in [5, 5.41) is 28.3. The highest BCUT2D eigenvalue weighted by molar-refractivity contribution is 6.47. The van der Waals surface area contributed by atoms with Gasteiger partial charge in [-0.05, 0) is 108 Å². The van der Waals surface area contributed by atoms with Crippen molar-refractivity contribution in [3.05, 3.63) is 244 Å². The molecule has 0 aliphatic carbocycles. The second-order valence-corrected chi connectivity index (χ2v) is 25.7. The number of hydrogen-bond donors (Lipinski definition) is 2. The lowest BCUT2D eigenvalue weighted by Gasteiger charge is -2.07. The van der Waals surface area contributed by atoms with E-state index in [-0.39, 0.29) is 95.9 Å². The predicted octanol–water partition coefficient (Wildman–Crippen LogP) is 6.44. The zero-order valence-electron chi connectivity index (χ0n) is 52.3. The second-order valence-electron chi connectivity index (χ2n) is 25.7. The van der Waals surface area contributed by atoms with E-state index in [0.29, 0.717) is 0 Å². The first-order valence-corrected chi connectivity index (χ1v) is 31.7. The number of nitrogens with one attached hydrogen (secondary N) is 2. The van der Waals surface area contributed by atoms with Gasteiger partial charge in [0.1, 0.15) is 28.2 Å². The molecule has 8 aromatic heterocycles. The molecule has 0 fully saturated rings. The van der Waals surface area contributed by atoms with Crippen molar-refractivity contribution in [2.45, 2.75) is 0 Å². The monoisotopic (exact) mass is 1680 g/mol. The van der Waals surface area contributed by atoms with Gasteiger partial charge in [0.05, 0.1) is 44.1 Å². The van der Waals surface area contributed by atoms with Crippen LogP contribution in [0.4, 0.5) is 0 Å². The standard InChI is InChI=1S/C84H53N8.4HI/c1-89-37-29-49(30-38-89)65-77-69-53-21-5-13-45-15-7-23-55(61(45)53)71(69)79(85-77)66(50-31-39-90(2)40-32-50)81-73-57-25-9-17-47-19-11-27-59(63(47)57)75(73)83(87-81)68(52-35-43-92(4)44-36-52)84-76-60-28-12-20-48-18-10-26-58(64(48)60)74(76)82(88-84)67(51-33-41-91(3)42-34-51)80-72-56-24-8-16-46-14-6-22-54(62(46)56)70(72)78(65)86-80;;;;/h5-44H,1-4H3,(H,85,86,87,88);4*1H/q+3;;;;/p-3. The molecule has 0 radical (unpaired) electrons. The van der Waals surface area contributed by atoms with Gasteiger partial charge in [0.15, 0.2) is 49.6 Å². The first kappa shape index (κ1) is 60.6. The highest BCUT2D eigenvalue weighted by Crippen LogP contribution is 2.55. The Kier molecular flexibility index (Phi) is 14.0. The zero-order valence-corrected chi connectivity index (χ0v) is 60.9. The number of rotatable bonds is 4. The molecule has 8 heterocycles. The molecule has 21 aromatic rings. The third-order valence-corrected chi connectivity index (χ3v) is 20.7. The van der Waals surface area contributed by atoms with Crippen LogP contribution in [0.2, 0.25) is 0 Å². The maximum atomic E-state index is 6.45. The van der Waals surface area contributed by atoms with Crippen LogP contribution in [0, 0.1) is 0 Å². The summed E-state index contributed by atoms with van der Waals surface area (Å²) in [5.41, 5.74) is 16.0. The van der Waals surface area contributed by atoms with E-state index >= 15 is 0 Å². The van der Waals surface area contributed by atoms with Gasteiger partial charge in [0, 0.05) is 114 Å². The van der Waals surface area contributed by atoms with E-state index in [0.717, 1.165) is 132 Å². The molecule has 0 saturated carbocycles. The molecule has 0 aliphatic rings. The third kappa shape index (κ3) is 8.15. The van der Waals surface area contributed by atoms with E-state index in [1.165, 1.54) is 86.2 Å². The highest BCUT2D eigenvalue weighted by Gasteiger charge is 2.31. The smallest absolute Gasteiger partial charge is 0.169 e. The van der Waals surface area contributed by atoms with Gasteiger partial charge in [-0.3, -0.25) is 0 Å². The van der Waals surface area contributed by atoms with Crippen LogP contribution in [0.5, 0.6) is 0 Å². The van der Waals surface area contributed by atoms with Crippen LogP contribution >= 0.6 is 0 Å². The van der Waals surface area contributed by atoms with Crippen LogP contribution in [-0.2, 0) is 28.2 Å². The van der Waals surface area contributed by atoms with Crippen LogP contribution in [0.25, 0.3) is 218 Å².